The van der Waals surface area contributed by atoms with Gasteiger partial charge in [-0.15, -0.1) is 0 Å². The Labute approximate surface area is 107 Å². The van der Waals surface area contributed by atoms with Gasteiger partial charge < -0.3 is 10.2 Å². The highest BCUT2D eigenvalue weighted by atomic mass is 16.2. The SMILES string of the molecule is C=C1c2ccccc2C(=O)N1CCCNC1CC1. The van der Waals surface area contributed by atoms with Gasteiger partial charge in [-0.25, -0.2) is 0 Å². The molecular formula is C15H18N2O. The monoisotopic (exact) mass is 242 g/mol. The quantitative estimate of drug-likeness (QED) is 0.803. The van der Waals surface area contributed by atoms with Crippen molar-refractivity contribution in [2.75, 3.05) is 13.1 Å². The van der Waals surface area contributed by atoms with E-state index in [1.54, 1.807) is 4.90 Å². The second kappa shape index (κ2) is 4.58. The number of hydrogen-bond acceptors (Lipinski definition) is 2. The summed E-state index contributed by atoms with van der Waals surface area (Å²) in [5.74, 6) is 0.0991. The van der Waals surface area contributed by atoms with Crippen LogP contribution < -0.4 is 5.32 Å². The molecule has 0 aromatic heterocycles. The minimum absolute atomic E-state index is 0.0991. The number of nitrogens with zero attached hydrogens (tertiary/aromatic N) is 1. The van der Waals surface area contributed by atoms with Crippen LogP contribution in [-0.4, -0.2) is 29.9 Å². The van der Waals surface area contributed by atoms with Crippen molar-refractivity contribution in [1.29, 1.82) is 0 Å². The molecule has 1 saturated carbocycles. The Morgan fingerprint density at radius 2 is 2.00 bits per heavy atom. The molecule has 0 atom stereocenters. The molecule has 0 spiro atoms. The number of amides is 1. The van der Waals surface area contributed by atoms with Gasteiger partial charge in [-0.1, -0.05) is 24.8 Å². The van der Waals surface area contributed by atoms with E-state index in [4.69, 9.17) is 0 Å². The molecule has 1 heterocycles. The van der Waals surface area contributed by atoms with Crippen LogP contribution in [0.25, 0.3) is 5.70 Å². The van der Waals surface area contributed by atoms with Crippen LogP contribution in [0.5, 0.6) is 0 Å². The lowest BCUT2D eigenvalue weighted by Gasteiger charge is -2.17. The van der Waals surface area contributed by atoms with Crippen molar-refractivity contribution in [2.45, 2.75) is 25.3 Å². The molecule has 0 saturated heterocycles. The van der Waals surface area contributed by atoms with Crippen molar-refractivity contribution >= 4 is 11.6 Å². The molecule has 1 aliphatic heterocycles. The highest BCUT2D eigenvalue weighted by Crippen LogP contribution is 2.30. The van der Waals surface area contributed by atoms with E-state index >= 15 is 0 Å². The maximum Gasteiger partial charge on any atom is 0.258 e. The number of carbonyl (C=O) groups excluding carboxylic acids is 1. The van der Waals surface area contributed by atoms with Gasteiger partial charge in [-0.3, -0.25) is 4.79 Å². The van der Waals surface area contributed by atoms with Gasteiger partial charge in [0.15, 0.2) is 0 Å². The van der Waals surface area contributed by atoms with Crippen LogP contribution in [0, 0.1) is 0 Å². The predicted octanol–water partition coefficient (Wildman–Crippen LogP) is 2.26. The average Bonchev–Trinajstić information content (AvgIpc) is 3.18. The van der Waals surface area contributed by atoms with Gasteiger partial charge >= 0.3 is 0 Å². The third-order valence-corrected chi connectivity index (χ3v) is 3.61. The molecule has 3 heteroatoms. The number of nitrogens with one attached hydrogen (secondary N) is 1. The van der Waals surface area contributed by atoms with E-state index < -0.39 is 0 Å². The van der Waals surface area contributed by atoms with Crippen LogP contribution in [0.1, 0.15) is 35.2 Å². The topological polar surface area (TPSA) is 32.3 Å². The highest BCUT2D eigenvalue weighted by Gasteiger charge is 2.30. The maximum absolute atomic E-state index is 12.2. The zero-order valence-corrected chi connectivity index (χ0v) is 10.5. The summed E-state index contributed by atoms with van der Waals surface area (Å²) in [6.07, 6.45) is 3.59. The Morgan fingerprint density at radius 3 is 2.67 bits per heavy atom. The molecule has 1 amide bonds. The molecule has 1 N–H and O–H groups in total. The minimum atomic E-state index is 0.0991. The summed E-state index contributed by atoms with van der Waals surface area (Å²) in [4.78, 5) is 14.0. The van der Waals surface area contributed by atoms with E-state index in [-0.39, 0.29) is 5.91 Å². The number of carbonyl (C=O) groups is 1. The van der Waals surface area contributed by atoms with Crippen LogP contribution in [-0.2, 0) is 0 Å². The Kier molecular flexibility index (Phi) is 2.92. The molecule has 3 nitrogen and oxygen atoms in total. The van der Waals surface area contributed by atoms with Crippen molar-refractivity contribution in [3.05, 3.63) is 42.0 Å². The van der Waals surface area contributed by atoms with Crippen LogP contribution in [0.4, 0.5) is 0 Å². The molecule has 0 unspecified atom stereocenters. The van der Waals surface area contributed by atoms with Crippen LogP contribution in [0.15, 0.2) is 30.8 Å². The first kappa shape index (κ1) is 11.5. The number of benzene rings is 1. The first-order valence-corrected chi connectivity index (χ1v) is 6.61. The van der Waals surface area contributed by atoms with Crippen LogP contribution >= 0.6 is 0 Å². The standard InChI is InChI=1S/C15H18N2O/c1-11-13-5-2-3-6-14(13)15(18)17(11)10-4-9-16-12-7-8-12/h2-3,5-6,12,16H,1,4,7-10H2. The van der Waals surface area contributed by atoms with Crippen molar-refractivity contribution in [3.63, 3.8) is 0 Å². The van der Waals surface area contributed by atoms with Gasteiger partial charge in [0.2, 0.25) is 0 Å². The molecule has 1 aromatic rings. The minimum Gasteiger partial charge on any atom is -0.314 e. The average molecular weight is 242 g/mol. The second-order valence-corrected chi connectivity index (χ2v) is 5.03. The van der Waals surface area contributed by atoms with E-state index in [0.717, 1.165) is 42.4 Å². The number of hydrogen-bond donors (Lipinski definition) is 1. The largest absolute Gasteiger partial charge is 0.314 e. The van der Waals surface area contributed by atoms with Crippen molar-refractivity contribution in [1.82, 2.24) is 10.2 Å². The lowest BCUT2D eigenvalue weighted by atomic mass is 10.1. The first-order chi connectivity index (χ1) is 8.77. The van der Waals surface area contributed by atoms with Crippen LogP contribution in [0.3, 0.4) is 0 Å². The molecule has 0 radical (unpaired) electrons. The summed E-state index contributed by atoms with van der Waals surface area (Å²) in [7, 11) is 0. The van der Waals surface area contributed by atoms with E-state index in [1.807, 2.05) is 24.3 Å². The summed E-state index contributed by atoms with van der Waals surface area (Å²) >= 11 is 0. The fourth-order valence-corrected chi connectivity index (χ4v) is 2.40. The summed E-state index contributed by atoms with van der Waals surface area (Å²) in [6, 6.07) is 8.45. The Hall–Kier alpha value is -1.61. The van der Waals surface area contributed by atoms with E-state index in [9.17, 15) is 4.79 Å². The summed E-state index contributed by atoms with van der Waals surface area (Å²) in [5.41, 5.74) is 2.62. The third-order valence-electron chi connectivity index (χ3n) is 3.61. The fraction of sp³-hybridized carbons (Fsp3) is 0.400. The smallest absolute Gasteiger partial charge is 0.258 e. The van der Waals surface area contributed by atoms with E-state index in [1.165, 1.54) is 12.8 Å². The third kappa shape index (κ3) is 2.06. The maximum atomic E-state index is 12.2. The molecule has 3 rings (SSSR count). The van der Waals surface area contributed by atoms with Crippen molar-refractivity contribution in [2.24, 2.45) is 0 Å². The van der Waals surface area contributed by atoms with Gasteiger partial charge in [0.1, 0.15) is 0 Å². The van der Waals surface area contributed by atoms with Gasteiger partial charge in [0, 0.05) is 29.4 Å². The normalized spacial score (nSPS) is 18.3. The van der Waals surface area contributed by atoms with Gasteiger partial charge in [-0.2, -0.15) is 0 Å². The Bertz CT molecular complexity index is 456. The number of rotatable bonds is 5. The predicted molar refractivity (Wildman–Crippen MR) is 72.2 cm³/mol. The second-order valence-electron chi connectivity index (χ2n) is 5.03. The lowest BCUT2D eigenvalue weighted by Crippen LogP contribution is -2.27. The molecule has 94 valence electrons. The zero-order valence-electron chi connectivity index (χ0n) is 10.5. The summed E-state index contributed by atoms with van der Waals surface area (Å²) < 4.78 is 0. The van der Waals surface area contributed by atoms with Crippen molar-refractivity contribution in [3.8, 4) is 0 Å². The summed E-state index contributed by atoms with van der Waals surface area (Å²) in [5, 5.41) is 3.46. The fourth-order valence-electron chi connectivity index (χ4n) is 2.40. The van der Waals surface area contributed by atoms with Crippen LogP contribution in [0.2, 0.25) is 0 Å². The van der Waals surface area contributed by atoms with Gasteiger partial charge in [-0.05, 0) is 31.9 Å². The molecule has 2 aliphatic rings. The molecular weight excluding hydrogens is 224 g/mol. The van der Waals surface area contributed by atoms with E-state index in [0.29, 0.717) is 0 Å². The number of fused-ring (bicyclic) bond motifs is 1. The highest BCUT2D eigenvalue weighted by molar-refractivity contribution is 6.08. The Morgan fingerprint density at radius 1 is 1.28 bits per heavy atom. The van der Waals surface area contributed by atoms with Crippen molar-refractivity contribution < 1.29 is 4.79 Å². The van der Waals surface area contributed by atoms with E-state index in [2.05, 4.69) is 11.9 Å². The van der Waals surface area contributed by atoms with Gasteiger partial charge in [0.25, 0.3) is 5.91 Å². The Balaban J connectivity index is 1.60. The first-order valence-electron chi connectivity index (χ1n) is 6.61. The molecule has 1 aliphatic carbocycles. The summed E-state index contributed by atoms with van der Waals surface area (Å²) in [6.45, 7) is 5.78. The zero-order chi connectivity index (χ0) is 12.5. The molecule has 0 bridgehead atoms. The molecule has 1 aromatic carbocycles. The molecule has 18 heavy (non-hydrogen) atoms. The van der Waals surface area contributed by atoms with Gasteiger partial charge in [0.05, 0.1) is 0 Å². The molecule has 1 fully saturated rings. The lowest BCUT2D eigenvalue weighted by molar-refractivity contribution is 0.0849.